The van der Waals surface area contributed by atoms with E-state index in [0.717, 1.165) is 25.8 Å². The van der Waals surface area contributed by atoms with Gasteiger partial charge in [-0.2, -0.15) is 0 Å². The average Bonchev–Trinajstić information content (AvgIpc) is 3.78. The van der Waals surface area contributed by atoms with Gasteiger partial charge in [-0.15, -0.1) is 11.3 Å². The highest BCUT2D eigenvalue weighted by Crippen LogP contribution is 2.30. The van der Waals surface area contributed by atoms with Crippen molar-refractivity contribution in [2.45, 2.75) is 131 Å². The first-order valence-corrected chi connectivity index (χ1v) is 21.0. The van der Waals surface area contributed by atoms with Crippen LogP contribution in [0.25, 0.3) is 0 Å². The molecule has 1 fully saturated rings. The summed E-state index contributed by atoms with van der Waals surface area (Å²) in [4.78, 5) is 69.9. The number of carbonyl (C=O) groups is 4. The molecule has 0 saturated carbocycles. The second kappa shape index (κ2) is 28.2. The predicted octanol–water partition coefficient (Wildman–Crippen LogP) is 5.19. The smallest absolute Gasteiger partial charge is 0.327 e. The fourth-order valence-electron chi connectivity index (χ4n) is 5.76. The zero-order chi connectivity index (χ0) is 43.1. The highest BCUT2D eigenvalue weighted by atomic mass is 32.1. The summed E-state index contributed by atoms with van der Waals surface area (Å²) in [6.07, 6.45) is 3.85. The Morgan fingerprint density at radius 2 is 1.71 bits per heavy atom. The minimum Gasteiger partial charge on any atom is -0.379 e. The van der Waals surface area contributed by atoms with Gasteiger partial charge in [-0.25, -0.2) is 0 Å². The van der Waals surface area contributed by atoms with Crippen LogP contribution in [0.3, 0.4) is 0 Å². The van der Waals surface area contributed by atoms with Crippen LogP contribution in [0.15, 0.2) is 17.5 Å². The number of carbonyl (C=O) groups excluding carboxylic acids is 4. The standard InChI is InChI=1S/C25H48N2O4.C6H14N2O.C5H6S.C3H8NO4P/c1-11-18(4)23(26(8)22(29)16-25(5,6)7)20(30-9)15-21(28)27-14-12-13-19(27)24(31-10)17(2)3;1-6(2,5(7)9)8(3)4;1-5-3-2-4-6-5;5-3-4-1-2-8-9(6)7/h17-20,23-24H,11-16H2,1-10H3;1-4H3,(H2,7,9);2-4H,1H3;3,6-7H,1-2H2,(H,4,5). The maximum atomic E-state index is 13.4. The van der Waals surface area contributed by atoms with Crippen LogP contribution >= 0.6 is 19.9 Å². The second-order valence-corrected chi connectivity index (χ2v) is 18.0. The SMILES string of the molecule is CCC(C)C(C(CC(=O)N1CCCC1C(OC)C(C)C)OC)N(C)C(=O)CC(C)(C)C.CN(C)C(C)(C)C(N)=O.Cc1cccs1.O=CNCCOP(O)O. The Hall–Kier alpha value is -2.23. The number of nitrogens with two attached hydrogens (primary N) is 1. The number of rotatable bonds is 18. The van der Waals surface area contributed by atoms with E-state index in [0.29, 0.717) is 25.3 Å². The molecule has 4 amide bonds. The topological polar surface area (TPSA) is 184 Å². The van der Waals surface area contributed by atoms with Crippen LogP contribution in [-0.2, 0) is 33.2 Å². The molecule has 5 N–H and O–H groups in total. The van der Waals surface area contributed by atoms with E-state index in [1.54, 1.807) is 44.3 Å². The van der Waals surface area contributed by atoms with E-state index in [2.05, 4.69) is 82.7 Å². The number of aryl methyl sites for hydroxylation is 1. The van der Waals surface area contributed by atoms with E-state index in [9.17, 15) is 19.2 Å². The van der Waals surface area contributed by atoms with Gasteiger partial charge in [0.05, 0.1) is 42.9 Å². The van der Waals surface area contributed by atoms with Gasteiger partial charge in [0.15, 0.2) is 0 Å². The molecule has 1 aromatic heterocycles. The lowest BCUT2D eigenvalue weighted by Gasteiger charge is -2.40. The van der Waals surface area contributed by atoms with Gasteiger partial charge in [-0.05, 0) is 76.4 Å². The van der Waals surface area contributed by atoms with Crippen molar-refractivity contribution in [3.63, 3.8) is 0 Å². The third-order valence-electron chi connectivity index (χ3n) is 9.66. The van der Waals surface area contributed by atoms with E-state index < -0.39 is 14.1 Å². The minimum absolute atomic E-state index is 0.0360. The molecule has 1 aliphatic heterocycles. The summed E-state index contributed by atoms with van der Waals surface area (Å²) >= 11 is 1.78. The van der Waals surface area contributed by atoms with Crippen molar-refractivity contribution in [3.8, 4) is 0 Å². The Balaban J connectivity index is 0. The maximum absolute atomic E-state index is 13.4. The Labute approximate surface area is 337 Å². The van der Waals surface area contributed by atoms with Crippen molar-refractivity contribution in [1.29, 1.82) is 0 Å². The molecule has 0 aliphatic carbocycles. The van der Waals surface area contributed by atoms with Crippen molar-refractivity contribution in [1.82, 2.24) is 20.0 Å². The quantitative estimate of drug-likeness (QED) is 0.0874. The molecule has 0 bridgehead atoms. The fourth-order valence-corrected chi connectivity index (χ4v) is 6.54. The lowest BCUT2D eigenvalue weighted by atomic mass is 9.88. The van der Waals surface area contributed by atoms with E-state index in [1.807, 2.05) is 30.9 Å². The third-order valence-corrected chi connectivity index (χ3v) is 10.9. The van der Waals surface area contributed by atoms with Gasteiger partial charge in [0.25, 0.3) is 0 Å². The highest BCUT2D eigenvalue weighted by Gasteiger charge is 2.40. The zero-order valence-corrected chi connectivity index (χ0v) is 38.2. The molecule has 55 heavy (non-hydrogen) atoms. The van der Waals surface area contributed by atoms with Gasteiger partial charge >= 0.3 is 8.60 Å². The number of ether oxygens (including phenoxy) is 2. The van der Waals surface area contributed by atoms with Crippen LogP contribution in [0.5, 0.6) is 0 Å². The number of hydrogen-bond acceptors (Lipinski definition) is 11. The summed E-state index contributed by atoms with van der Waals surface area (Å²) in [5.74, 6) is 0.471. The molecule has 322 valence electrons. The molecule has 2 heterocycles. The van der Waals surface area contributed by atoms with E-state index >= 15 is 0 Å². The number of amides is 4. The van der Waals surface area contributed by atoms with Gasteiger partial charge in [0, 0.05) is 45.7 Å². The third kappa shape index (κ3) is 22.3. The zero-order valence-electron chi connectivity index (χ0n) is 36.5. The largest absolute Gasteiger partial charge is 0.379 e. The first-order chi connectivity index (χ1) is 25.4. The Morgan fingerprint density at radius 3 is 2.05 bits per heavy atom. The van der Waals surface area contributed by atoms with Crippen molar-refractivity contribution in [3.05, 3.63) is 22.4 Å². The molecule has 1 saturated heterocycles. The summed E-state index contributed by atoms with van der Waals surface area (Å²) in [6, 6.07) is 4.13. The number of hydrogen-bond donors (Lipinski definition) is 4. The van der Waals surface area contributed by atoms with Crippen LogP contribution in [0.4, 0.5) is 0 Å². The maximum Gasteiger partial charge on any atom is 0.327 e. The van der Waals surface area contributed by atoms with Crippen LogP contribution in [0.2, 0.25) is 0 Å². The van der Waals surface area contributed by atoms with E-state index in [-0.39, 0.29) is 66.4 Å². The van der Waals surface area contributed by atoms with Crippen LogP contribution < -0.4 is 11.1 Å². The summed E-state index contributed by atoms with van der Waals surface area (Å²) in [5, 5.41) is 4.36. The number of nitrogens with zero attached hydrogens (tertiary/aromatic N) is 3. The monoisotopic (exact) mass is 822 g/mol. The first-order valence-electron chi connectivity index (χ1n) is 19.0. The minimum atomic E-state index is -2.27. The van der Waals surface area contributed by atoms with E-state index in [1.165, 1.54) is 4.88 Å². The molecule has 1 aliphatic rings. The summed E-state index contributed by atoms with van der Waals surface area (Å²) in [7, 11) is 6.63. The highest BCUT2D eigenvalue weighted by molar-refractivity contribution is 7.39. The van der Waals surface area contributed by atoms with Crippen molar-refractivity contribution in [2.24, 2.45) is 23.0 Å². The van der Waals surface area contributed by atoms with Crippen molar-refractivity contribution < 1.29 is 43.0 Å². The number of methoxy groups -OCH3 is 2. The van der Waals surface area contributed by atoms with Gasteiger partial charge < -0.3 is 44.6 Å². The van der Waals surface area contributed by atoms with Crippen LogP contribution in [-0.4, -0.2) is 134 Å². The molecule has 0 spiro atoms. The summed E-state index contributed by atoms with van der Waals surface area (Å²) in [6.45, 7) is 21.6. The number of nitrogens with one attached hydrogen (secondary N) is 1. The van der Waals surface area contributed by atoms with Crippen LogP contribution in [0.1, 0.15) is 99.3 Å². The predicted molar refractivity (Wildman–Crippen MR) is 223 cm³/mol. The van der Waals surface area contributed by atoms with Gasteiger partial charge in [-0.1, -0.05) is 61.0 Å². The van der Waals surface area contributed by atoms with Crippen molar-refractivity contribution in [2.75, 3.05) is 55.1 Å². The Kier molecular flexibility index (Phi) is 28.1. The van der Waals surface area contributed by atoms with Gasteiger partial charge in [0.2, 0.25) is 24.1 Å². The summed E-state index contributed by atoms with van der Waals surface area (Å²) < 4.78 is 15.9. The number of thiophene rings is 1. The number of likely N-dealkylation sites (tertiary alicyclic amines) is 1. The Bertz CT molecular complexity index is 1200. The van der Waals surface area contributed by atoms with Gasteiger partial charge in [0.1, 0.15) is 0 Å². The Morgan fingerprint density at radius 1 is 1.11 bits per heavy atom. The average molecular weight is 822 g/mol. The molecular formula is C39H76N5O9PS. The lowest BCUT2D eigenvalue weighted by molar-refractivity contribution is -0.145. The van der Waals surface area contributed by atoms with Gasteiger partial charge in [-0.3, -0.25) is 24.1 Å². The molecule has 5 unspecified atom stereocenters. The fraction of sp³-hybridized carbons (Fsp3) is 0.795. The molecular weight excluding hydrogens is 745 g/mol. The summed E-state index contributed by atoms with van der Waals surface area (Å²) in [5.41, 5.74) is 4.48. The second-order valence-electron chi connectivity index (χ2n) is 16.0. The van der Waals surface area contributed by atoms with Crippen LogP contribution in [0, 0.1) is 24.2 Å². The molecule has 2 rings (SSSR count). The van der Waals surface area contributed by atoms with E-state index in [4.69, 9.17) is 25.0 Å². The normalized spacial score (nSPS) is 16.4. The number of likely N-dealkylation sites (N-methyl/N-ethyl adjacent to an activating group) is 2. The van der Waals surface area contributed by atoms with Crippen molar-refractivity contribution >= 4 is 44.1 Å². The molecule has 0 radical (unpaired) electrons. The molecule has 5 atom stereocenters. The first kappa shape index (κ1) is 54.9. The molecule has 14 nitrogen and oxygen atoms in total. The molecule has 1 aromatic rings. The molecule has 0 aromatic carbocycles. The molecule has 16 heteroatoms. The lowest BCUT2D eigenvalue weighted by Crippen LogP contribution is -2.52. The number of primary amides is 1.